The van der Waals surface area contributed by atoms with Gasteiger partial charge in [-0.1, -0.05) is 0 Å². The number of hydrogen-bond acceptors (Lipinski definition) is 3. The van der Waals surface area contributed by atoms with Gasteiger partial charge < -0.3 is 10.4 Å². The maximum Gasteiger partial charge on any atom is 0.308 e. The highest BCUT2D eigenvalue weighted by Gasteiger charge is 2.51. The molecule has 1 heterocycles. The van der Waals surface area contributed by atoms with E-state index in [4.69, 9.17) is 0 Å². The van der Waals surface area contributed by atoms with Crippen LogP contribution in [0.1, 0.15) is 29.8 Å². The number of benzene rings is 1. The van der Waals surface area contributed by atoms with Crippen molar-refractivity contribution >= 4 is 11.9 Å². The monoisotopic (exact) mass is 343 g/mol. The first-order valence-electron chi connectivity index (χ1n) is 8.38. The molecule has 2 aromatic rings. The van der Waals surface area contributed by atoms with Crippen LogP contribution in [0.3, 0.4) is 0 Å². The van der Waals surface area contributed by atoms with Crippen LogP contribution in [0.4, 0.5) is 4.39 Å². The fourth-order valence-electron chi connectivity index (χ4n) is 4.26. The van der Waals surface area contributed by atoms with E-state index in [0.29, 0.717) is 5.69 Å². The number of nitrogens with one attached hydrogen (secondary N) is 1. The Bertz CT molecular complexity index is 817. The highest BCUT2D eigenvalue weighted by molar-refractivity contribution is 5.93. The Morgan fingerprint density at radius 3 is 2.60 bits per heavy atom. The summed E-state index contributed by atoms with van der Waals surface area (Å²) < 4.78 is 14.5. The summed E-state index contributed by atoms with van der Waals surface area (Å²) in [5.41, 5.74) is 0.861. The SMILES string of the molecule is O=C(N[C@@H]1[C@H]2CC[C@H](C2)[C@@H]1C(=O)O)c1ccn(-c2ccc(F)cc2)n1. The average Bonchev–Trinajstić information content (AvgIpc) is 3.31. The van der Waals surface area contributed by atoms with Crippen molar-refractivity contribution in [2.45, 2.75) is 25.3 Å². The van der Waals surface area contributed by atoms with Crippen molar-refractivity contribution in [2.24, 2.45) is 17.8 Å². The molecule has 2 N–H and O–H groups in total. The second kappa shape index (κ2) is 5.98. The molecular weight excluding hydrogens is 325 g/mol. The molecule has 25 heavy (non-hydrogen) atoms. The lowest BCUT2D eigenvalue weighted by atomic mass is 9.84. The van der Waals surface area contributed by atoms with Crippen molar-refractivity contribution in [3.05, 3.63) is 48.0 Å². The molecule has 4 atom stereocenters. The highest BCUT2D eigenvalue weighted by Crippen LogP contribution is 2.48. The first-order chi connectivity index (χ1) is 12.0. The lowest BCUT2D eigenvalue weighted by Crippen LogP contribution is -2.46. The zero-order valence-electron chi connectivity index (χ0n) is 13.4. The van der Waals surface area contributed by atoms with Gasteiger partial charge in [-0.15, -0.1) is 0 Å². The number of hydrogen-bond donors (Lipinski definition) is 2. The summed E-state index contributed by atoms with van der Waals surface area (Å²) in [6.07, 6.45) is 4.38. The van der Waals surface area contributed by atoms with Gasteiger partial charge in [0.25, 0.3) is 5.91 Å². The number of halogens is 1. The van der Waals surface area contributed by atoms with E-state index in [-0.39, 0.29) is 35.3 Å². The van der Waals surface area contributed by atoms with E-state index in [1.165, 1.54) is 16.8 Å². The zero-order chi connectivity index (χ0) is 17.6. The zero-order valence-corrected chi connectivity index (χ0v) is 13.4. The van der Waals surface area contributed by atoms with Crippen molar-refractivity contribution in [1.82, 2.24) is 15.1 Å². The van der Waals surface area contributed by atoms with Crippen molar-refractivity contribution in [2.75, 3.05) is 0 Å². The average molecular weight is 343 g/mol. The van der Waals surface area contributed by atoms with E-state index in [1.54, 1.807) is 24.4 Å². The molecule has 130 valence electrons. The fraction of sp³-hybridized carbons (Fsp3) is 0.389. The van der Waals surface area contributed by atoms with E-state index < -0.39 is 11.9 Å². The summed E-state index contributed by atoms with van der Waals surface area (Å²) in [5, 5.41) is 16.6. The van der Waals surface area contributed by atoms with Gasteiger partial charge in [0.15, 0.2) is 5.69 Å². The van der Waals surface area contributed by atoms with E-state index in [9.17, 15) is 19.1 Å². The van der Waals surface area contributed by atoms with Gasteiger partial charge in [0.2, 0.25) is 0 Å². The summed E-state index contributed by atoms with van der Waals surface area (Å²) >= 11 is 0. The second-order valence-electron chi connectivity index (χ2n) is 6.82. The highest BCUT2D eigenvalue weighted by atomic mass is 19.1. The number of carboxylic acids is 1. The minimum absolute atomic E-state index is 0.157. The molecule has 7 heteroatoms. The Kier molecular flexibility index (Phi) is 3.78. The molecule has 2 aliphatic carbocycles. The molecule has 0 unspecified atom stereocenters. The van der Waals surface area contributed by atoms with E-state index in [1.807, 2.05) is 0 Å². The maximum absolute atomic E-state index is 13.0. The third-order valence-electron chi connectivity index (χ3n) is 5.41. The van der Waals surface area contributed by atoms with Crippen LogP contribution < -0.4 is 5.32 Å². The number of nitrogens with zero attached hydrogens (tertiary/aromatic N) is 2. The Morgan fingerprint density at radius 2 is 1.88 bits per heavy atom. The molecule has 0 radical (unpaired) electrons. The minimum Gasteiger partial charge on any atom is -0.481 e. The summed E-state index contributed by atoms with van der Waals surface area (Å²) in [7, 11) is 0. The predicted molar refractivity (Wildman–Crippen MR) is 86.7 cm³/mol. The smallest absolute Gasteiger partial charge is 0.308 e. The van der Waals surface area contributed by atoms with Crippen LogP contribution in [0.2, 0.25) is 0 Å². The topological polar surface area (TPSA) is 84.2 Å². The van der Waals surface area contributed by atoms with Crippen LogP contribution in [0.5, 0.6) is 0 Å². The molecule has 0 saturated heterocycles. The fourth-order valence-corrected chi connectivity index (χ4v) is 4.26. The second-order valence-corrected chi connectivity index (χ2v) is 6.82. The summed E-state index contributed by atoms with van der Waals surface area (Å²) in [6, 6.07) is 7.02. The van der Waals surface area contributed by atoms with Crippen LogP contribution in [-0.4, -0.2) is 32.8 Å². The van der Waals surface area contributed by atoms with E-state index in [2.05, 4.69) is 10.4 Å². The Hall–Kier alpha value is -2.70. The van der Waals surface area contributed by atoms with Crippen molar-refractivity contribution < 1.29 is 19.1 Å². The largest absolute Gasteiger partial charge is 0.481 e. The number of carbonyl (C=O) groups excluding carboxylic acids is 1. The number of amides is 1. The number of rotatable bonds is 4. The van der Waals surface area contributed by atoms with Crippen LogP contribution >= 0.6 is 0 Å². The quantitative estimate of drug-likeness (QED) is 0.892. The minimum atomic E-state index is -0.839. The lowest BCUT2D eigenvalue weighted by molar-refractivity contribution is -0.144. The molecule has 2 saturated carbocycles. The molecule has 1 aromatic heterocycles. The number of fused-ring (bicyclic) bond motifs is 2. The molecule has 2 bridgehead atoms. The molecule has 4 rings (SSSR count). The van der Waals surface area contributed by atoms with Crippen LogP contribution in [0, 0.1) is 23.6 Å². The summed E-state index contributed by atoms with van der Waals surface area (Å²) in [5.74, 6) is -1.68. The summed E-state index contributed by atoms with van der Waals surface area (Å²) in [6.45, 7) is 0. The van der Waals surface area contributed by atoms with Crippen LogP contribution in [-0.2, 0) is 4.79 Å². The van der Waals surface area contributed by atoms with Gasteiger partial charge in [-0.05, 0) is 61.4 Å². The van der Waals surface area contributed by atoms with Crippen molar-refractivity contribution in [3.63, 3.8) is 0 Å². The number of carboxylic acid groups (broad SMARTS) is 1. The standard InChI is InChI=1S/C18H18FN3O3/c19-12-3-5-13(6-4-12)22-8-7-14(21-22)17(23)20-16-11-2-1-10(9-11)15(16)18(24)25/h3-8,10-11,15-16H,1-2,9H2,(H,20,23)(H,24,25)/t10-,11+,15+,16-/m1/s1. The van der Waals surface area contributed by atoms with Gasteiger partial charge in [0.1, 0.15) is 5.82 Å². The molecule has 1 amide bonds. The molecule has 2 aliphatic rings. The van der Waals surface area contributed by atoms with Crippen molar-refractivity contribution in [3.8, 4) is 5.69 Å². The molecule has 6 nitrogen and oxygen atoms in total. The van der Waals surface area contributed by atoms with Crippen LogP contribution in [0.15, 0.2) is 36.5 Å². The molecular formula is C18H18FN3O3. The van der Waals surface area contributed by atoms with Crippen LogP contribution in [0.25, 0.3) is 5.69 Å². The van der Waals surface area contributed by atoms with Crippen molar-refractivity contribution in [1.29, 1.82) is 0 Å². The first-order valence-corrected chi connectivity index (χ1v) is 8.38. The Labute approximate surface area is 143 Å². The van der Waals surface area contributed by atoms with Gasteiger partial charge in [-0.2, -0.15) is 5.10 Å². The molecule has 2 fully saturated rings. The number of aromatic nitrogens is 2. The third kappa shape index (κ3) is 2.79. The number of carbonyl (C=O) groups is 2. The Balaban J connectivity index is 1.50. The first kappa shape index (κ1) is 15.8. The third-order valence-corrected chi connectivity index (χ3v) is 5.41. The van der Waals surface area contributed by atoms with E-state index in [0.717, 1.165) is 19.3 Å². The molecule has 0 aliphatic heterocycles. The van der Waals surface area contributed by atoms with Gasteiger partial charge in [0, 0.05) is 12.2 Å². The van der Waals surface area contributed by atoms with Gasteiger partial charge >= 0.3 is 5.97 Å². The normalized spacial score (nSPS) is 27.4. The van der Waals surface area contributed by atoms with Gasteiger partial charge in [0.05, 0.1) is 11.6 Å². The van der Waals surface area contributed by atoms with Gasteiger partial charge in [-0.3, -0.25) is 9.59 Å². The Morgan fingerprint density at radius 1 is 1.16 bits per heavy atom. The maximum atomic E-state index is 13.0. The predicted octanol–water partition coefficient (Wildman–Crippen LogP) is 2.24. The summed E-state index contributed by atoms with van der Waals surface area (Å²) in [4.78, 5) is 24.0. The molecule has 0 spiro atoms. The van der Waals surface area contributed by atoms with E-state index >= 15 is 0 Å². The van der Waals surface area contributed by atoms with Gasteiger partial charge in [-0.25, -0.2) is 9.07 Å². The lowest BCUT2D eigenvalue weighted by Gasteiger charge is -2.28. The number of aliphatic carboxylic acids is 1. The molecule has 1 aromatic carbocycles.